The van der Waals surface area contributed by atoms with E-state index < -0.39 is 5.91 Å². The van der Waals surface area contributed by atoms with E-state index in [0.717, 1.165) is 11.4 Å². The number of hydrogen-bond donors (Lipinski definition) is 1. The number of rotatable bonds is 3. The highest BCUT2D eigenvalue weighted by molar-refractivity contribution is 5.92. The van der Waals surface area contributed by atoms with Crippen molar-refractivity contribution in [2.75, 3.05) is 0 Å². The second-order valence-corrected chi connectivity index (χ2v) is 3.07. The van der Waals surface area contributed by atoms with Gasteiger partial charge in [0, 0.05) is 29.9 Å². The van der Waals surface area contributed by atoms with Crippen molar-refractivity contribution in [3.05, 3.63) is 47.6 Å². The van der Waals surface area contributed by atoms with Gasteiger partial charge in [0.25, 0.3) is 0 Å². The molecule has 76 valence electrons. The molecule has 0 unspecified atom stereocenters. The summed E-state index contributed by atoms with van der Waals surface area (Å²) in [4.78, 5) is 15.0. The number of pyridine rings is 1. The highest BCUT2D eigenvalue weighted by atomic mass is 16.5. The van der Waals surface area contributed by atoms with Gasteiger partial charge in [-0.05, 0) is 12.1 Å². The summed E-state index contributed by atoms with van der Waals surface area (Å²) in [6.07, 6.45) is 3.57. The number of amides is 1. The Morgan fingerprint density at radius 2 is 2.27 bits per heavy atom. The highest BCUT2D eigenvalue weighted by Crippen LogP contribution is 2.06. The standard InChI is InChI=1S/C10H9N3O2/c11-10(14)7-1-3-12-9(5-7)6-8-2-4-15-13-8/h1-5H,6H2,(H2,11,14). The van der Waals surface area contributed by atoms with Crippen molar-refractivity contribution in [1.29, 1.82) is 0 Å². The van der Waals surface area contributed by atoms with E-state index >= 15 is 0 Å². The Hall–Kier alpha value is -2.17. The third kappa shape index (κ3) is 2.19. The Labute approximate surface area is 85.9 Å². The predicted octanol–water partition coefficient (Wildman–Crippen LogP) is 0.759. The van der Waals surface area contributed by atoms with Crippen molar-refractivity contribution in [3.8, 4) is 0 Å². The van der Waals surface area contributed by atoms with Gasteiger partial charge in [-0.25, -0.2) is 0 Å². The molecule has 2 N–H and O–H groups in total. The zero-order chi connectivity index (χ0) is 10.7. The average molecular weight is 203 g/mol. The van der Waals surface area contributed by atoms with Crippen LogP contribution in [0.4, 0.5) is 0 Å². The summed E-state index contributed by atoms with van der Waals surface area (Å²) in [5.41, 5.74) is 7.11. The van der Waals surface area contributed by atoms with Crippen LogP contribution in [0, 0.1) is 0 Å². The molecule has 1 amide bonds. The van der Waals surface area contributed by atoms with Crippen LogP contribution in [-0.2, 0) is 6.42 Å². The van der Waals surface area contributed by atoms with E-state index in [1.54, 1.807) is 24.4 Å². The van der Waals surface area contributed by atoms with Crippen molar-refractivity contribution >= 4 is 5.91 Å². The first-order valence-corrected chi connectivity index (χ1v) is 4.39. The van der Waals surface area contributed by atoms with E-state index in [0.29, 0.717) is 12.0 Å². The third-order valence-corrected chi connectivity index (χ3v) is 1.95. The number of aromatic nitrogens is 2. The minimum atomic E-state index is -0.459. The molecule has 0 fully saturated rings. The molecule has 0 aliphatic heterocycles. The van der Waals surface area contributed by atoms with E-state index in [2.05, 4.69) is 10.1 Å². The van der Waals surface area contributed by atoms with Crippen LogP contribution in [0.25, 0.3) is 0 Å². The molecule has 0 aromatic carbocycles. The number of primary amides is 1. The molecule has 5 heteroatoms. The van der Waals surface area contributed by atoms with E-state index in [1.165, 1.54) is 6.26 Å². The quantitative estimate of drug-likeness (QED) is 0.798. The van der Waals surface area contributed by atoms with Crippen molar-refractivity contribution < 1.29 is 9.32 Å². The van der Waals surface area contributed by atoms with Crippen molar-refractivity contribution in [3.63, 3.8) is 0 Å². The summed E-state index contributed by atoms with van der Waals surface area (Å²) in [6, 6.07) is 4.98. The normalized spacial score (nSPS) is 10.1. The number of nitrogens with two attached hydrogens (primary N) is 1. The fraction of sp³-hybridized carbons (Fsp3) is 0.100. The summed E-state index contributed by atoms with van der Waals surface area (Å²) >= 11 is 0. The van der Waals surface area contributed by atoms with Gasteiger partial charge < -0.3 is 10.3 Å². The fourth-order valence-corrected chi connectivity index (χ4v) is 1.24. The SMILES string of the molecule is NC(=O)c1ccnc(Cc2ccon2)c1. The lowest BCUT2D eigenvalue weighted by Gasteiger charge is -1.99. The smallest absolute Gasteiger partial charge is 0.248 e. The molecule has 0 saturated heterocycles. The Morgan fingerprint density at radius 3 is 2.93 bits per heavy atom. The van der Waals surface area contributed by atoms with Gasteiger partial charge in [0.2, 0.25) is 5.91 Å². The first-order valence-electron chi connectivity index (χ1n) is 4.39. The third-order valence-electron chi connectivity index (χ3n) is 1.95. The zero-order valence-electron chi connectivity index (χ0n) is 7.88. The van der Waals surface area contributed by atoms with E-state index in [9.17, 15) is 4.79 Å². The molecule has 15 heavy (non-hydrogen) atoms. The van der Waals surface area contributed by atoms with Crippen LogP contribution in [0.2, 0.25) is 0 Å². The number of nitrogens with zero attached hydrogens (tertiary/aromatic N) is 2. The minimum Gasteiger partial charge on any atom is -0.366 e. The van der Waals surface area contributed by atoms with Gasteiger partial charge in [-0.1, -0.05) is 5.16 Å². The van der Waals surface area contributed by atoms with Crippen LogP contribution in [0.1, 0.15) is 21.7 Å². The molecular weight excluding hydrogens is 194 g/mol. The molecule has 2 rings (SSSR count). The van der Waals surface area contributed by atoms with Crippen LogP contribution in [0.3, 0.4) is 0 Å². The van der Waals surface area contributed by atoms with Crippen molar-refractivity contribution in [2.45, 2.75) is 6.42 Å². The topological polar surface area (TPSA) is 82.0 Å². The molecule has 0 bridgehead atoms. The number of carbonyl (C=O) groups excluding carboxylic acids is 1. The lowest BCUT2D eigenvalue weighted by molar-refractivity contribution is 0.1000. The van der Waals surface area contributed by atoms with Crippen LogP contribution in [-0.4, -0.2) is 16.0 Å². The maximum Gasteiger partial charge on any atom is 0.248 e. The maximum atomic E-state index is 10.9. The van der Waals surface area contributed by atoms with E-state index in [-0.39, 0.29) is 0 Å². The largest absolute Gasteiger partial charge is 0.366 e. The summed E-state index contributed by atoms with van der Waals surface area (Å²) in [5.74, 6) is -0.459. The van der Waals surface area contributed by atoms with Crippen LogP contribution in [0.5, 0.6) is 0 Å². The maximum absolute atomic E-state index is 10.9. The monoisotopic (exact) mass is 203 g/mol. The van der Waals surface area contributed by atoms with Crippen LogP contribution < -0.4 is 5.73 Å². The molecule has 0 radical (unpaired) electrons. The second-order valence-electron chi connectivity index (χ2n) is 3.07. The Balaban J connectivity index is 2.22. The minimum absolute atomic E-state index is 0.448. The van der Waals surface area contributed by atoms with Crippen molar-refractivity contribution in [2.24, 2.45) is 5.73 Å². The molecule has 2 aromatic rings. The second kappa shape index (κ2) is 3.91. The molecule has 2 aromatic heterocycles. The molecular formula is C10H9N3O2. The Morgan fingerprint density at radius 1 is 1.40 bits per heavy atom. The molecule has 0 aliphatic rings. The lowest BCUT2D eigenvalue weighted by atomic mass is 10.1. The van der Waals surface area contributed by atoms with E-state index in [4.69, 9.17) is 10.3 Å². The lowest BCUT2D eigenvalue weighted by Crippen LogP contribution is -2.11. The summed E-state index contributed by atoms with van der Waals surface area (Å²) < 4.78 is 4.69. The predicted molar refractivity (Wildman–Crippen MR) is 52.1 cm³/mol. The Kier molecular flexibility index (Phi) is 2.45. The summed E-state index contributed by atoms with van der Waals surface area (Å²) in [7, 11) is 0. The van der Waals surface area contributed by atoms with Gasteiger partial charge in [0.05, 0.1) is 5.69 Å². The molecule has 0 saturated carbocycles. The first-order chi connectivity index (χ1) is 7.25. The Bertz CT molecular complexity index is 465. The fourth-order valence-electron chi connectivity index (χ4n) is 1.24. The number of carbonyl (C=O) groups is 1. The molecule has 2 heterocycles. The van der Waals surface area contributed by atoms with Gasteiger partial charge >= 0.3 is 0 Å². The number of hydrogen-bond acceptors (Lipinski definition) is 4. The first kappa shape index (κ1) is 9.39. The molecule has 0 aliphatic carbocycles. The highest BCUT2D eigenvalue weighted by Gasteiger charge is 2.04. The van der Waals surface area contributed by atoms with E-state index in [1.807, 2.05) is 0 Å². The molecule has 5 nitrogen and oxygen atoms in total. The van der Waals surface area contributed by atoms with Gasteiger partial charge in [-0.2, -0.15) is 0 Å². The molecule has 0 spiro atoms. The van der Waals surface area contributed by atoms with Crippen LogP contribution in [0.15, 0.2) is 35.2 Å². The van der Waals surface area contributed by atoms with Gasteiger partial charge in [-0.3, -0.25) is 9.78 Å². The summed E-state index contributed by atoms with van der Waals surface area (Å²) in [6.45, 7) is 0. The summed E-state index contributed by atoms with van der Waals surface area (Å²) in [5, 5.41) is 3.75. The average Bonchev–Trinajstić information content (AvgIpc) is 2.71. The van der Waals surface area contributed by atoms with Gasteiger partial charge in [-0.15, -0.1) is 0 Å². The zero-order valence-corrected chi connectivity index (χ0v) is 7.88. The van der Waals surface area contributed by atoms with Gasteiger partial charge in [0.15, 0.2) is 0 Å². The van der Waals surface area contributed by atoms with Crippen molar-refractivity contribution in [1.82, 2.24) is 10.1 Å². The van der Waals surface area contributed by atoms with Gasteiger partial charge in [0.1, 0.15) is 6.26 Å². The van der Waals surface area contributed by atoms with Crippen LogP contribution >= 0.6 is 0 Å². The molecule has 0 atom stereocenters.